The summed E-state index contributed by atoms with van der Waals surface area (Å²) in [4.78, 5) is 8.73. The van der Waals surface area contributed by atoms with Crippen LogP contribution in [0.15, 0.2) is 24.8 Å². The second kappa shape index (κ2) is 4.38. The van der Waals surface area contributed by atoms with Crippen molar-refractivity contribution in [3.63, 3.8) is 0 Å². The molecule has 19 heavy (non-hydrogen) atoms. The largest absolute Gasteiger partial charge is 0.364 e. The van der Waals surface area contributed by atoms with Crippen molar-refractivity contribution < 1.29 is 0 Å². The summed E-state index contributed by atoms with van der Waals surface area (Å²) < 4.78 is 3.80. The van der Waals surface area contributed by atoms with Crippen LogP contribution in [0.3, 0.4) is 0 Å². The first kappa shape index (κ1) is 11.7. The van der Waals surface area contributed by atoms with Crippen LogP contribution in [0.2, 0.25) is 0 Å². The monoisotopic (exact) mass is 256 g/mol. The second-order valence-electron chi connectivity index (χ2n) is 4.65. The zero-order chi connectivity index (χ0) is 13.4. The van der Waals surface area contributed by atoms with Crippen molar-refractivity contribution in [1.29, 1.82) is 0 Å². The Kier molecular flexibility index (Phi) is 2.70. The molecule has 0 radical (unpaired) electrons. The summed E-state index contributed by atoms with van der Waals surface area (Å²) in [5.41, 5.74) is 4.16. The molecule has 0 aliphatic carbocycles. The van der Waals surface area contributed by atoms with Crippen LogP contribution in [-0.4, -0.2) is 24.3 Å². The Balaban J connectivity index is 1.88. The van der Waals surface area contributed by atoms with Gasteiger partial charge in [0.15, 0.2) is 5.82 Å². The van der Waals surface area contributed by atoms with E-state index in [0.717, 1.165) is 28.1 Å². The number of aromatic nitrogens is 5. The SMILES string of the molecule is Cc1nn(C)cc1CNc1nccc2c1ncn2C. The molecular formula is C13H16N6. The lowest BCUT2D eigenvalue weighted by Crippen LogP contribution is -2.02. The molecular weight excluding hydrogens is 240 g/mol. The first-order valence-corrected chi connectivity index (χ1v) is 6.14. The maximum absolute atomic E-state index is 4.38. The van der Waals surface area contributed by atoms with E-state index in [9.17, 15) is 0 Å². The van der Waals surface area contributed by atoms with E-state index in [-0.39, 0.29) is 0 Å². The Bertz CT molecular complexity index is 724. The number of nitrogens with one attached hydrogen (secondary N) is 1. The van der Waals surface area contributed by atoms with E-state index in [0.29, 0.717) is 6.54 Å². The molecule has 0 bridgehead atoms. The van der Waals surface area contributed by atoms with E-state index in [2.05, 4.69) is 20.4 Å². The molecule has 0 fully saturated rings. The van der Waals surface area contributed by atoms with Gasteiger partial charge < -0.3 is 9.88 Å². The van der Waals surface area contributed by atoms with Crippen LogP contribution in [0.1, 0.15) is 11.3 Å². The fourth-order valence-corrected chi connectivity index (χ4v) is 2.19. The molecule has 3 aromatic rings. The standard InChI is InChI=1S/C13H16N6/c1-9-10(7-19(3)17-9)6-15-13-12-11(4-5-14-13)18(2)8-16-12/h4-5,7-8H,6H2,1-3H3,(H,14,15). The van der Waals surface area contributed by atoms with Crippen LogP contribution in [0.4, 0.5) is 5.82 Å². The summed E-state index contributed by atoms with van der Waals surface area (Å²) in [5.74, 6) is 0.807. The van der Waals surface area contributed by atoms with Gasteiger partial charge in [-0.15, -0.1) is 0 Å². The zero-order valence-electron chi connectivity index (χ0n) is 11.3. The van der Waals surface area contributed by atoms with Gasteiger partial charge in [-0.2, -0.15) is 5.10 Å². The molecule has 0 amide bonds. The highest BCUT2D eigenvalue weighted by Gasteiger charge is 2.08. The third-order valence-electron chi connectivity index (χ3n) is 3.20. The topological polar surface area (TPSA) is 60.6 Å². The second-order valence-corrected chi connectivity index (χ2v) is 4.65. The van der Waals surface area contributed by atoms with Crippen molar-refractivity contribution in [2.24, 2.45) is 14.1 Å². The first-order valence-electron chi connectivity index (χ1n) is 6.14. The van der Waals surface area contributed by atoms with Crippen LogP contribution in [-0.2, 0) is 20.6 Å². The lowest BCUT2D eigenvalue weighted by Gasteiger charge is -2.05. The van der Waals surface area contributed by atoms with Gasteiger partial charge >= 0.3 is 0 Å². The van der Waals surface area contributed by atoms with Crippen LogP contribution >= 0.6 is 0 Å². The van der Waals surface area contributed by atoms with Crippen molar-refractivity contribution in [3.05, 3.63) is 36.0 Å². The Morgan fingerprint density at radius 3 is 2.84 bits per heavy atom. The van der Waals surface area contributed by atoms with Gasteiger partial charge in [0.05, 0.1) is 17.5 Å². The lowest BCUT2D eigenvalue weighted by molar-refractivity contribution is 0.756. The number of rotatable bonds is 3. The van der Waals surface area contributed by atoms with Crippen LogP contribution in [0.25, 0.3) is 11.0 Å². The Morgan fingerprint density at radius 2 is 2.11 bits per heavy atom. The summed E-state index contributed by atoms with van der Waals surface area (Å²) in [6, 6.07) is 1.96. The van der Waals surface area contributed by atoms with Crippen molar-refractivity contribution in [1.82, 2.24) is 24.3 Å². The summed E-state index contributed by atoms with van der Waals surface area (Å²) in [7, 11) is 3.90. The van der Waals surface area contributed by atoms with Crippen LogP contribution < -0.4 is 5.32 Å². The fraction of sp³-hybridized carbons (Fsp3) is 0.308. The van der Waals surface area contributed by atoms with Gasteiger partial charge in [0, 0.05) is 38.6 Å². The van der Waals surface area contributed by atoms with E-state index in [1.807, 2.05) is 42.5 Å². The third kappa shape index (κ3) is 2.05. The number of nitrogens with zero attached hydrogens (tertiary/aromatic N) is 5. The van der Waals surface area contributed by atoms with E-state index >= 15 is 0 Å². The third-order valence-corrected chi connectivity index (χ3v) is 3.20. The Morgan fingerprint density at radius 1 is 1.26 bits per heavy atom. The summed E-state index contributed by atoms with van der Waals surface area (Å²) in [6.07, 6.45) is 5.61. The Labute approximate surface area is 111 Å². The quantitative estimate of drug-likeness (QED) is 0.773. The highest BCUT2D eigenvalue weighted by atomic mass is 15.3. The molecule has 98 valence electrons. The molecule has 0 aliphatic heterocycles. The maximum atomic E-state index is 4.38. The minimum absolute atomic E-state index is 0.697. The molecule has 0 saturated heterocycles. The smallest absolute Gasteiger partial charge is 0.154 e. The molecule has 3 rings (SSSR count). The summed E-state index contributed by atoms with van der Waals surface area (Å²) >= 11 is 0. The molecule has 6 nitrogen and oxygen atoms in total. The molecule has 0 aliphatic rings. The highest BCUT2D eigenvalue weighted by molar-refractivity contribution is 5.85. The number of hydrogen-bond acceptors (Lipinski definition) is 4. The predicted molar refractivity (Wildman–Crippen MR) is 73.8 cm³/mol. The number of imidazole rings is 1. The number of fused-ring (bicyclic) bond motifs is 1. The normalized spacial score (nSPS) is 11.1. The van der Waals surface area contributed by atoms with Crippen molar-refractivity contribution in [2.75, 3.05) is 5.32 Å². The van der Waals surface area contributed by atoms with Crippen LogP contribution in [0, 0.1) is 6.92 Å². The van der Waals surface area contributed by atoms with Gasteiger partial charge in [-0.05, 0) is 13.0 Å². The maximum Gasteiger partial charge on any atom is 0.154 e. The molecule has 0 saturated carbocycles. The van der Waals surface area contributed by atoms with Gasteiger partial charge in [0.25, 0.3) is 0 Å². The molecule has 0 atom stereocenters. The van der Waals surface area contributed by atoms with Gasteiger partial charge in [0.2, 0.25) is 0 Å². The summed E-state index contributed by atoms with van der Waals surface area (Å²) in [5, 5.41) is 7.66. The molecule has 1 N–H and O–H groups in total. The van der Waals surface area contributed by atoms with Gasteiger partial charge in [-0.3, -0.25) is 4.68 Å². The van der Waals surface area contributed by atoms with E-state index < -0.39 is 0 Å². The van der Waals surface area contributed by atoms with Crippen molar-refractivity contribution in [3.8, 4) is 0 Å². The average molecular weight is 256 g/mol. The zero-order valence-corrected chi connectivity index (χ0v) is 11.3. The lowest BCUT2D eigenvalue weighted by atomic mass is 10.2. The van der Waals surface area contributed by atoms with Crippen LogP contribution in [0.5, 0.6) is 0 Å². The van der Waals surface area contributed by atoms with E-state index in [4.69, 9.17) is 0 Å². The molecule has 3 heterocycles. The number of pyridine rings is 1. The molecule has 0 spiro atoms. The Hall–Kier alpha value is -2.37. The molecule has 6 heteroatoms. The van der Waals surface area contributed by atoms with Gasteiger partial charge in [-0.25, -0.2) is 9.97 Å². The minimum Gasteiger partial charge on any atom is -0.364 e. The van der Waals surface area contributed by atoms with Gasteiger partial charge in [0.1, 0.15) is 5.52 Å². The van der Waals surface area contributed by atoms with Crippen molar-refractivity contribution in [2.45, 2.75) is 13.5 Å². The molecule has 0 aromatic carbocycles. The summed E-state index contributed by atoms with van der Waals surface area (Å²) in [6.45, 7) is 2.70. The fourth-order valence-electron chi connectivity index (χ4n) is 2.19. The molecule has 0 unspecified atom stereocenters. The van der Waals surface area contributed by atoms with E-state index in [1.54, 1.807) is 12.5 Å². The first-order chi connectivity index (χ1) is 9.15. The number of hydrogen-bond donors (Lipinski definition) is 1. The predicted octanol–water partition coefficient (Wildman–Crippen LogP) is 1.62. The molecule has 3 aromatic heterocycles. The van der Waals surface area contributed by atoms with E-state index in [1.165, 1.54) is 0 Å². The highest BCUT2D eigenvalue weighted by Crippen LogP contribution is 2.19. The average Bonchev–Trinajstić information content (AvgIpc) is 2.91. The van der Waals surface area contributed by atoms with Gasteiger partial charge in [-0.1, -0.05) is 0 Å². The van der Waals surface area contributed by atoms with Crippen molar-refractivity contribution >= 4 is 16.9 Å². The number of aryl methyl sites for hydroxylation is 3. The minimum atomic E-state index is 0.697. The number of anilines is 1.